The number of carbonyl (C=O) groups is 2. The maximum absolute atomic E-state index is 13.0. The minimum absolute atomic E-state index is 0.0760. The molecular formula is C25H27F3N4O4. The van der Waals surface area contributed by atoms with Gasteiger partial charge in [0.15, 0.2) is 0 Å². The Hall–Kier alpha value is -4.02. The molecule has 0 unspecified atom stereocenters. The molecule has 1 aliphatic heterocycles. The predicted octanol–water partition coefficient (Wildman–Crippen LogP) is 3.96. The minimum Gasteiger partial charge on any atom is -0.497 e. The van der Waals surface area contributed by atoms with Crippen LogP contribution in [0.15, 0.2) is 54.7 Å². The lowest BCUT2D eigenvalue weighted by Gasteiger charge is -2.21. The van der Waals surface area contributed by atoms with E-state index in [0.29, 0.717) is 13.1 Å². The van der Waals surface area contributed by atoms with E-state index in [2.05, 4.69) is 9.55 Å². The second kappa shape index (κ2) is 11.1. The summed E-state index contributed by atoms with van der Waals surface area (Å²) >= 11 is 0. The monoisotopic (exact) mass is 504 g/mol. The number of aromatic nitrogens is 2. The van der Waals surface area contributed by atoms with Crippen LogP contribution in [0.3, 0.4) is 0 Å². The van der Waals surface area contributed by atoms with Crippen LogP contribution < -0.4 is 9.64 Å². The lowest BCUT2D eigenvalue weighted by Crippen LogP contribution is -2.33. The quantitative estimate of drug-likeness (QED) is 0.579. The summed E-state index contributed by atoms with van der Waals surface area (Å²) in [5, 5.41) is 7.12. The van der Waals surface area contributed by atoms with Gasteiger partial charge in [-0.05, 0) is 48.5 Å². The van der Waals surface area contributed by atoms with E-state index < -0.39 is 12.1 Å². The first-order valence-corrected chi connectivity index (χ1v) is 11.1. The second-order valence-electron chi connectivity index (χ2n) is 8.23. The highest BCUT2D eigenvalue weighted by Crippen LogP contribution is 2.25. The van der Waals surface area contributed by atoms with Crippen molar-refractivity contribution in [2.45, 2.75) is 19.1 Å². The fourth-order valence-corrected chi connectivity index (χ4v) is 3.71. The Morgan fingerprint density at radius 1 is 1.00 bits per heavy atom. The van der Waals surface area contributed by atoms with E-state index in [1.54, 1.807) is 7.11 Å². The van der Waals surface area contributed by atoms with Crippen molar-refractivity contribution in [2.75, 3.05) is 39.2 Å². The van der Waals surface area contributed by atoms with E-state index in [1.165, 1.54) is 0 Å². The molecule has 0 atom stereocenters. The molecule has 0 saturated carbocycles. The Balaban J connectivity index is 0.000000454. The van der Waals surface area contributed by atoms with Gasteiger partial charge in [0.2, 0.25) is 0 Å². The molecule has 11 heteroatoms. The number of alkyl halides is 3. The standard InChI is InChI=1S/C23H26N4O2.C2HF3O2/c1-25(2)19-8-4-18(5-9-19)23(28)26-13-12-22-24-16-21(27(22)15-14-26)17-6-10-20(29-3)11-7-17;3-2(4,5)1(6)7/h4-11,16H,12-15H2,1-3H3;(H,6,7). The molecule has 8 nitrogen and oxygen atoms in total. The van der Waals surface area contributed by atoms with Crippen molar-refractivity contribution >= 4 is 17.6 Å². The molecule has 0 saturated heterocycles. The molecule has 2 heterocycles. The number of carbonyl (C=O) groups excluding carboxylic acids is 1. The smallest absolute Gasteiger partial charge is 0.490 e. The molecule has 1 aromatic heterocycles. The van der Waals surface area contributed by atoms with Gasteiger partial charge in [0, 0.05) is 57.0 Å². The Kier molecular flexibility index (Phi) is 8.23. The van der Waals surface area contributed by atoms with Crippen molar-refractivity contribution in [1.82, 2.24) is 14.5 Å². The maximum Gasteiger partial charge on any atom is 0.490 e. The van der Waals surface area contributed by atoms with E-state index in [0.717, 1.165) is 47.0 Å². The number of hydrogen-bond donors (Lipinski definition) is 1. The lowest BCUT2D eigenvalue weighted by atomic mass is 10.1. The van der Waals surface area contributed by atoms with E-state index in [4.69, 9.17) is 14.6 Å². The number of halogens is 3. The number of nitrogens with zero attached hydrogens (tertiary/aromatic N) is 4. The number of anilines is 1. The van der Waals surface area contributed by atoms with E-state index in [-0.39, 0.29) is 5.91 Å². The number of ether oxygens (including phenoxy) is 1. The van der Waals surface area contributed by atoms with E-state index in [9.17, 15) is 18.0 Å². The van der Waals surface area contributed by atoms with Crippen molar-refractivity contribution in [3.8, 4) is 17.0 Å². The number of hydrogen-bond acceptors (Lipinski definition) is 5. The van der Waals surface area contributed by atoms with E-state index >= 15 is 0 Å². The van der Waals surface area contributed by atoms with Gasteiger partial charge in [-0.1, -0.05) is 0 Å². The van der Waals surface area contributed by atoms with E-state index in [1.807, 2.05) is 78.6 Å². The molecule has 4 rings (SSSR count). The number of imidazole rings is 1. The first-order chi connectivity index (χ1) is 17.0. The number of carboxylic acid groups (broad SMARTS) is 1. The van der Waals surface area contributed by atoms with Crippen molar-refractivity contribution in [2.24, 2.45) is 0 Å². The fraction of sp³-hybridized carbons (Fsp3) is 0.320. The Bertz CT molecular complexity index is 1190. The van der Waals surface area contributed by atoms with Crippen LogP contribution in [0.25, 0.3) is 11.3 Å². The molecule has 1 N–H and O–H groups in total. The van der Waals surface area contributed by atoms with Gasteiger partial charge in [0.1, 0.15) is 11.6 Å². The molecule has 0 fully saturated rings. The molecule has 1 amide bonds. The van der Waals surface area contributed by atoms with Gasteiger partial charge in [0.25, 0.3) is 5.91 Å². The lowest BCUT2D eigenvalue weighted by molar-refractivity contribution is -0.192. The third-order valence-corrected chi connectivity index (χ3v) is 5.68. The molecule has 3 aromatic rings. The van der Waals surface area contributed by atoms with Crippen molar-refractivity contribution in [1.29, 1.82) is 0 Å². The van der Waals surface area contributed by atoms with Crippen molar-refractivity contribution < 1.29 is 32.6 Å². The van der Waals surface area contributed by atoms with Gasteiger partial charge in [0.05, 0.1) is 19.0 Å². The molecule has 0 radical (unpaired) electrons. The topological polar surface area (TPSA) is 87.9 Å². The highest BCUT2D eigenvalue weighted by atomic mass is 19.4. The zero-order valence-electron chi connectivity index (χ0n) is 20.1. The maximum atomic E-state index is 13.0. The Morgan fingerprint density at radius 3 is 2.14 bits per heavy atom. The summed E-state index contributed by atoms with van der Waals surface area (Å²) in [6, 6.07) is 15.8. The largest absolute Gasteiger partial charge is 0.497 e. The van der Waals surface area contributed by atoms with Crippen LogP contribution in [-0.4, -0.2) is 71.9 Å². The average molecular weight is 505 g/mol. The highest BCUT2D eigenvalue weighted by Gasteiger charge is 2.38. The van der Waals surface area contributed by atoms with Crippen LogP contribution >= 0.6 is 0 Å². The summed E-state index contributed by atoms with van der Waals surface area (Å²) in [5.41, 5.74) is 3.99. The summed E-state index contributed by atoms with van der Waals surface area (Å²) in [4.78, 5) is 30.5. The van der Waals surface area contributed by atoms with Crippen LogP contribution in [0, 0.1) is 0 Å². The predicted molar refractivity (Wildman–Crippen MR) is 128 cm³/mol. The first-order valence-electron chi connectivity index (χ1n) is 11.1. The molecule has 0 aliphatic carbocycles. The SMILES string of the molecule is COc1ccc(-c2cnc3n2CCN(C(=O)c2ccc(N(C)C)cc2)CC3)cc1.O=C(O)C(F)(F)F. The number of fused-ring (bicyclic) bond motifs is 1. The molecule has 192 valence electrons. The third-order valence-electron chi connectivity index (χ3n) is 5.68. The normalized spacial score (nSPS) is 13.1. The summed E-state index contributed by atoms with van der Waals surface area (Å²) in [5.74, 6) is -0.824. The number of benzene rings is 2. The molecule has 0 spiro atoms. The fourth-order valence-electron chi connectivity index (χ4n) is 3.71. The zero-order chi connectivity index (χ0) is 26.5. The van der Waals surface area contributed by atoms with Crippen molar-refractivity contribution in [3.05, 3.63) is 66.1 Å². The second-order valence-corrected chi connectivity index (χ2v) is 8.23. The summed E-state index contributed by atoms with van der Waals surface area (Å²) in [6.07, 6.45) is -2.41. The Labute approximate surface area is 206 Å². The molecule has 36 heavy (non-hydrogen) atoms. The summed E-state index contributed by atoms with van der Waals surface area (Å²) in [7, 11) is 5.65. The summed E-state index contributed by atoms with van der Waals surface area (Å²) < 4.78 is 39.2. The number of rotatable bonds is 4. The average Bonchev–Trinajstić information content (AvgIpc) is 3.14. The Morgan fingerprint density at radius 2 is 1.61 bits per heavy atom. The molecule has 0 bridgehead atoms. The van der Waals surface area contributed by atoms with Crippen LogP contribution in [0.4, 0.5) is 18.9 Å². The first kappa shape index (κ1) is 26.6. The van der Waals surface area contributed by atoms with Gasteiger partial charge < -0.3 is 24.2 Å². The van der Waals surface area contributed by atoms with Crippen LogP contribution in [0.5, 0.6) is 5.75 Å². The number of carboxylic acids is 1. The highest BCUT2D eigenvalue weighted by molar-refractivity contribution is 5.94. The van der Waals surface area contributed by atoms with Crippen LogP contribution in [0.1, 0.15) is 16.2 Å². The number of amides is 1. The number of methoxy groups -OCH3 is 1. The zero-order valence-corrected chi connectivity index (χ0v) is 20.1. The van der Waals surface area contributed by atoms with Crippen molar-refractivity contribution in [3.63, 3.8) is 0 Å². The number of aliphatic carboxylic acids is 1. The minimum atomic E-state index is -5.08. The third kappa shape index (κ3) is 6.35. The van der Waals surface area contributed by atoms with Gasteiger partial charge in [-0.15, -0.1) is 0 Å². The molecule has 2 aromatic carbocycles. The summed E-state index contributed by atoms with van der Waals surface area (Å²) in [6.45, 7) is 2.08. The van der Waals surface area contributed by atoms with Gasteiger partial charge in [-0.3, -0.25) is 4.79 Å². The molecular weight excluding hydrogens is 477 g/mol. The van der Waals surface area contributed by atoms with Crippen LogP contribution in [0.2, 0.25) is 0 Å². The van der Waals surface area contributed by atoms with Gasteiger partial charge >= 0.3 is 12.1 Å². The van der Waals surface area contributed by atoms with Gasteiger partial charge in [-0.25, -0.2) is 9.78 Å². The van der Waals surface area contributed by atoms with Crippen LogP contribution in [-0.2, 0) is 17.8 Å². The molecule has 1 aliphatic rings. The van der Waals surface area contributed by atoms with Gasteiger partial charge in [-0.2, -0.15) is 13.2 Å².